The first kappa shape index (κ1) is 17.2. The average Bonchev–Trinajstić information content (AvgIpc) is 2.54. The van der Waals surface area contributed by atoms with E-state index in [4.69, 9.17) is 5.73 Å². The van der Waals surface area contributed by atoms with Crippen LogP contribution >= 0.6 is 0 Å². The summed E-state index contributed by atoms with van der Waals surface area (Å²) in [4.78, 5) is 0. The Morgan fingerprint density at radius 1 is 1.10 bits per heavy atom. The Bertz CT molecular complexity index is 424. The van der Waals surface area contributed by atoms with E-state index in [0.717, 1.165) is 44.9 Å². The second-order valence-corrected chi connectivity index (χ2v) is 8.49. The predicted octanol–water partition coefficient (Wildman–Crippen LogP) is 1.95. The van der Waals surface area contributed by atoms with Gasteiger partial charge in [0.1, 0.15) is 0 Å². The molecule has 2 aliphatic rings. The number of piperidine rings is 2. The van der Waals surface area contributed by atoms with Crippen LogP contribution < -0.4 is 5.73 Å². The van der Waals surface area contributed by atoms with Crippen molar-refractivity contribution in [1.82, 2.24) is 8.61 Å². The topological polar surface area (TPSA) is 66.6 Å². The maximum absolute atomic E-state index is 12.9. The molecule has 2 heterocycles. The van der Waals surface area contributed by atoms with E-state index < -0.39 is 10.2 Å². The van der Waals surface area contributed by atoms with E-state index in [9.17, 15) is 8.42 Å². The summed E-state index contributed by atoms with van der Waals surface area (Å²) in [6.07, 6.45) is 7.21. The quantitative estimate of drug-likeness (QED) is 0.843. The molecule has 0 aliphatic carbocycles. The summed E-state index contributed by atoms with van der Waals surface area (Å²) in [6, 6.07) is -0.00668. The predicted molar refractivity (Wildman–Crippen MR) is 86.1 cm³/mol. The molecule has 2 rings (SSSR count). The highest BCUT2D eigenvalue weighted by atomic mass is 32.2. The molecular weight excluding hydrogens is 286 g/mol. The standard InChI is InChI=1S/C15H31N3O2S/c1-3-15(4-2)8-11-17(12-9-15)21(19,20)18-10-6-5-7-14(18)13-16/h14H,3-13,16H2,1-2H3. The molecule has 0 saturated carbocycles. The number of hydrogen-bond donors (Lipinski definition) is 1. The zero-order chi connectivity index (χ0) is 15.5. The minimum Gasteiger partial charge on any atom is -0.329 e. The lowest BCUT2D eigenvalue weighted by molar-refractivity contribution is 0.132. The van der Waals surface area contributed by atoms with E-state index in [2.05, 4.69) is 13.8 Å². The summed E-state index contributed by atoms with van der Waals surface area (Å²) in [5.74, 6) is 0. The van der Waals surface area contributed by atoms with Gasteiger partial charge >= 0.3 is 0 Å². The van der Waals surface area contributed by atoms with Gasteiger partial charge in [0.05, 0.1) is 0 Å². The normalized spacial score (nSPS) is 28.6. The fourth-order valence-electron chi connectivity index (χ4n) is 3.81. The molecule has 0 aromatic carbocycles. The van der Waals surface area contributed by atoms with Crippen LogP contribution in [0.3, 0.4) is 0 Å². The second kappa shape index (κ2) is 6.94. The summed E-state index contributed by atoms with van der Waals surface area (Å²) in [7, 11) is -3.33. The van der Waals surface area contributed by atoms with Gasteiger partial charge in [-0.3, -0.25) is 0 Å². The number of rotatable bonds is 5. The van der Waals surface area contributed by atoms with Crippen LogP contribution in [0.25, 0.3) is 0 Å². The van der Waals surface area contributed by atoms with Gasteiger partial charge in [-0.2, -0.15) is 17.0 Å². The van der Waals surface area contributed by atoms with Crippen LogP contribution in [0.4, 0.5) is 0 Å². The second-order valence-electron chi connectivity index (χ2n) is 6.61. The van der Waals surface area contributed by atoms with Crippen LogP contribution in [0, 0.1) is 5.41 Å². The maximum Gasteiger partial charge on any atom is 0.282 e. The van der Waals surface area contributed by atoms with Crippen LogP contribution in [0.2, 0.25) is 0 Å². The van der Waals surface area contributed by atoms with E-state index in [1.54, 1.807) is 8.61 Å². The van der Waals surface area contributed by atoms with Crippen molar-refractivity contribution < 1.29 is 8.42 Å². The molecule has 0 amide bonds. The smallest absolute Gasteiger partial charge is 0.282 e. The fraction of sp³-hybridized carbons (Fsp3) is 1.00. The summed E-state index contributed by atoms with van der Waals surface area (Å²) in [5, 5.41) is 0. The third kappa shape index (κ3) is 3.44. The lowest BCUT2D eigenvalue weighted by Gasteiger charge is -2.43. The number of nitrogens with two attached hydrogens (primary N) is 1. The summed E-state index contributed by atoms with van der Waals surface area (Å²) < 4.78 is 29.2. The van der Waals surface area contributed by atoms with Crippen LogP contribution in [0.15, 0.2) is 0 Å². The zero-order valence-electron chi connectivity index (χ0n) is 13.6. The van der Waals surface area contributed by atoms with E-state index in [1.165, 1.54) is 0 Å². The van der Waals surface area contributed by atoms with E-state index in [1.807, 2.05) is 0 Å². The SMILES string of the molecule is CCC1(CC)CCN(S(=O)(=O)N2CCCCC2CN)CC1. The average molecular weight is 317 g/mol. The Labute approximate surface area is 130 Å². The summed E-state index contributed by atoms with van der Waals surface area (Å²) in [5.41, 5.74) is 6.13. The van der Waals surface area contributed by atoms with Gasteiger partial charge in [-0.15, -0.1) is 0 Å². The van der Waals surface area contributed by atoms with Gasteiger partial charge in [0.15, 0.2) is 0 Å². The molecule has 0 spiro atoms. The van der Waals surface area contributed by atoms with Crippen molar-refractivity contribution >= 4 is 10.2 Å². The van der Waals surface area contributed by atoms with Crippen molar-refractivity contribution in [2.45, 2.75) is 64.8 Å². The minimum absolute atomic E-state index is 0.00668. The monoisotopic (exact) mass is 317 g/mol. The molecule has 5 nitrogen and oxygen atoms in total. The molecule has 124 valence electrons. The molecule has 6 heteroatoms. The lowest BCUT2D eigenvalue weighted by Crippen LogP contribution is -2.55. The first-order chi connectivity index (χ1) is 9.99. The van der Waals surface area contributed by atoms with E-state index in [0.29, 0.717) is 31.6 Å². The highest BCUT2D eigenvalue weighted by molar-refractivity contribution is 7.86. The molecule has 21 heavy (non-hydrogen) atoms. The third-order valence-corrected chi connectivity index (χ3v) is 7.84. The van der Waals surface area contributed by atoms with Gasteiger partial charge in [-0.1, -0.05) is 33.1 Å². The molecule has 0 aromatic rings. The summed E-state index contributed by atoms with van der Waals surface area (Å²) in [6.45, 7) is 6.84. The van der Waals surface area contributed by atoms with Gasteiger partial charge in [0.25, 0.3) is 10.2 Å². The molecule has 2 saturated heterocycles. The van der Waals surface area contributed by atoms with Crippen LogP contribution in [-0.2, 0) is 10.2 Å². The Morgan fingerprint density at radius 3 is 2.24 bits per heavy atom. The molecule has 2 N–H and O–H groups in total. The van der Waals surface area contributed by atoms with Crippen LogP contribution in [0.5, 0.6) is 0 Å². The van der Waals surface area contributed by atoms with Crippen molar-refractivity contribution in [3.05, 3.63) is 0 Å². The fourth-order valence-corrected chi connectivity index (χ4v) is 5.68. The highest BCUT2D eigenvalue weighted by Crippen LogP contribution is 2.39. The van der Waals surface area contributed by atoms with Gasteiger partial charge < -0.3 is 5.73 Å². The molecule has 1 unspecified atom stereocenters. The maximum atomic E-state index is 12.9. The Balaban J connectivity index is 2.07. The third-order valence-electron chi connectivity index (χ3n) is 5.75. The molecule has 0 aromatic heterocycles. The molecule has 0 radical (unpaired) electrons. The Kier molecular flexibility index (Phi) is 5.68. The molecule has 1 atom stereocenters. The summed E-state index contributed by atoms with van der Waals surface area (Å²) >= 11 is 0. The molecular formula is C15H31N3O2S. The van der Waals surface area contributed by atoms with Crippen molar-refractivity contribution in [3.8, 4) is 0 Å². The molecule has 2 aliphatic heterocycles. The molecule has 2 fully saturated rings. The first-order valence-electron chi connectivity index (χ1n) is 8.46. The Hall–Kier alpha value is -0.170. The van der Waals surface area contributed by atoms with E-state index >= 15 is 0 Å². The molecule has 0 bridgehead atoms. The van der Waals surface area contributed by atoms with Crippen LogP contribution in [-0.4, -0.2) is 49.2 Å². The minimum atomic E-state index is -3.33. The van der Waals surface area contributed by atoms with Gasteiger partial charge in [-0.05, 0) is 31.1 Å². The van der Waals surface area contributed by atoms with Crippen molar-refractivity contribution in [2.24, 2.45) is 11.1 Å². The largest absolute Gasteiger partial charge is 0.329 e. The number of hydrogen-bond acceptors (Lipinski definition) is 3. The zero-order valence-corrected chi connectivity index (χ0v) is 14.4. The first-order valence-corrected chi connectivity index (χ1v) is 9.86. The van der Waals surface area contributed by atoms with E-state index in [-0.39, 0.29) is 6.04 Å². The van der Waals surface area contributed by atoms with Gasteiger partial charge in [-0.25, -0.2) is 0 Å². The van der Waals surface area contributed by atoms with Crippen molar-refractivity contribution in [1.29, 1.82) is 0 Å². The number of nitrogens with zero attached hydrogens (tertiary/aromatic N) is 2. The van der Waals surface area contributed by atoms with Gasteiger partial charge in [0, 0.05) is 32.2 Å². The van der Waals surface area contributed by atoms with Crippen molar-refractivity contribution in [2.75, 3.05) is 26.2 Å². The van der Waals surface area contributed by atoms with Gasteiger partial charge in [0.2, 0.25) is 0 Å². The van der Waals surface area contributed by atoms with Crippen molar-refractivity contribution in [3.63, 3.8) is 0 Å². The Morgan fingerprint density at radius 2 is 1.71 bits per heavy atom. The highest BCUT2D eigenvalue weighted by Gasteiger charge is 2.40. The van der Waals surface area contributed by atoms with Crippen LogP contribution in [0.1, 0.15) is 58.8 Å². The lowest BCUT2D eigenvalue weighted by atomic mass is 9.75.